The van der Waals surface area contributed by atoms with Crippen molar-refractivity contribution in [3.05, 3.63) is 52.3 Å². The van der Waals surface area contributed by atoms with E-state index in [1.807, 2.05) is 24.3 Å². The monoisotopic (exact) mass is 440 g/mol. The van der Waals surface area contributed by atoms with E-state index in [2.05, 4.69) is 35.7 Å². The number of fused-ring (bicyclic) bond motifs is 1. The minimum absolute atomic E-state index is 0.0800. The number of ether oxygens (including phenoxy) is 1. The van der Waals surface area contributed by atoms with Gasteiger partial charge in [0.2, 0.25) is 0 Å². The third-order valence-electron chi connectivity index (χ3n) is 4.87. The predicted molar refractivity (Wildman–Crippen MR) is 113 cm³/mol. The van der Waals surface area contributed by atoms with E-state index in [9.17, 15) is 5.11 Å². The van der Waals surface area contributed by atoms with Gasteiger partial charge in [-0.25, -0.2) is 0 Å². The van der Waals surface area contributed by atoms with Gasteiger partial charge in [-0.05, 0) is 70.7 Å². The fourth-order valence-corrected chi connectivity index (χ4v) is 3.83. The zero-order valence-electron chi connectivity index (χ0n) is 15.6. The quantitative estimate of drug-likeness (QED) is 0.585. The Morgan fingerprint density at radius 3 is 2.75 bits per heavy atom. The first-order chi connectivity index (χ1) is 13.7. The number of benzene rings is 2. The Balaban J connectivity index is 1.55. The second kappa shape index (κ2) is 8.14. The van der Waals surface area contributed by atoms with E-state index in [0.29, 0.717) is 10.2 Å². The number of aromatic nitrogens is 3. The topological polar surface area (TPSA) is 72.5 Å². The molecule has 1 aliphatic heterocycles. The molecule has 0 atom stereocenters. The molecule has 1 aromatic heterocycles. The predicted octanol–water partition coefficient (Wildman–Crippen LogP) is 4.90. The smallest absolute Gasteiger partial charge is 0.172 e. The average molecular weight is 441 g/mol. The Labute approximate surface area is 172 Å². The van der Waals surface area contributed by atoms with Crippen LogP contribution in [0.5, 0.6) is 11.5 Å². The van der Waals surface area contributed by atoms with Gasteiger partial charge in [-0.1, -0.05) is 6.42 Å². The molecule has 0 saturated carbocycles. The summed E-state index contributed by atoms with van der Waals surface area (Å²) < 4.78 is 7.98. The zero-order chi connectivity index (χ0) is 19.5. The molecule has 2 aromatic carbocycles. The lowest BCUT2D eigenvalue weighted by molar-refractivity contribution is 0.372. The van der Waals surface area contributed by atoms with Gasteiger partial charge in [0.15, 0.2) is 17.3 Å². The maximum atomic E-state index is 9.90. The van der Waals surface area contributed by atoms with E-state index in [-0.39, 0.29) is 5.75 Å². The first-order valence-corrected chi connectivity index (χ1v) is 10.1. The van der Waals surface area contributed by atoms with Gasteiger partial charge >= 0.3 is 0 Å². The van der Waals surface area contributed by atoms with Crippen molar-refractivity contribution in [3.63, 3.8) is 0 Å². The molecule has 1 aliphatic rings. The van der Waals surface area contributed by atoms with E-state index in [1.165, 1.54) is 26.4 Å². The molecule has 0 spiro atoms. The zero-order valence-corrected chi connectivity index (χ0v) is 17.2. The number of halogens is 1. The molecular formula is C21H21BrN4O2. The van der Waals surface area contributed by atoms with Crippen molar-refractivity contribution in [1.29, 1.82) is 0 Å². The van der Waals surface area contributed by atoms with Crippen LogP contribution in [-0.2, 0) is 13.0 Å². The largest absolute Gasteiger partial charge is 0.503 e. The normalized spacial score (nSPS) is 14.1. The molecule has 0 bridgehead atoms. The van der Waals surface area contributed by atoms with Crippen molar-refractivity contribution in [2.24, 2.45) is 4.99 Å². The molecule has 0 fully saturated rings. The Bertz CT molecular complexity index is 1010. The molecule has 144 valence electrons. The lowest BCUT2D eigenvalue weighted by Gasteiger charge is -2.07. The lowest BCUT2D eigenvalue weighted by Crippen LogP contribution is -2.02. The standard InChI is InChI=1S/C21H21BrN4O2/c1-28-18-12-14(11-17(22)20(18)27)13-23-16-8-6-15(7-9-16)21-25-24-19-5-3-2-4-10-26(19)21/h6-9,11-13,27H,2-5,10H2,1H3. The number of rotatable bonds is 4. The van der Waals surface area contributed by atoms with Gasteiger partial charge in [-0.2, -0.15) is 0 Å². The van der Waals surface area contributed by atoms with Gasteiger partial charge in [0.1, 0.15) is 5.82 Å². The molecule has 0 amide bonds. The Hall–Kier alpha value is -2.67. The molecule has 28 heavy (non-hydrogen) atoms. The molecule has 0 radical (unpaired) electrons. The summed E-state index contributed by atoms with van der Waals surface area (Å²) >= 11 is 3.32. The summed E-state index contributed by atoms with van der Waals surface area (Å²) in [5, 5.41) is 18.7. The van der Waals surface area contributed by atoms with Crippen LogP contribution in [-0.4, -0.2) is 33.2 Å². The SMILES string of the molecule is COc1cc(C=Nc2ccc(-c3nnc4n3CCCCC4)cc2)cc(Br)c1O. The van der Waals surface area contributed by atoms with Crippen LogP contribution >= 0.6 is 15.9 Å². The van der Waals surface area contributed by atoms with Crippen LogP contribution in [0.4, 0.5) is 5.69 Å². The molecule has 1 N–H and O–H groups in total. The highest BCUT2D eigenvalue weighted by atomic mass is 79.9. The van der Waals surface area contributed by atoms with E-state index >= 15 is 0 Å². The van der Waals surface area contributed by atoms with Crippen LogP contribution < -0.4 is 4.74 Å². The first kappa shape index (κ1) is 18.7. The maximum Gasteiger partial charge on any atom is 0.172 e. The van der Waals surface area contributed by atoms with Gasteiger partial charge in [0, 0.05) is 24.7 Å². The van der Waals surface area contributed by atoms with E-state index < -0.39 is 0 Å². The fourth-order valence-electron chi connectivity index (χ4n) is 3.37. The van der Waals surface area contributed by atoms with Crippen molar-refractivity contribution in [2.45, 2.75) is 32.2 Å². The lowest BCUT2D eigenvalue weighted by atomic mass is 10.2. The van der Waals surface area contributed by atoms with Crippen molar-refractivity contribution in [1.82, 2.24) is 14.8 Å². The summed E-state index contributed by atoms with van der Waals surface area (Å²) in [6.45, 7) is 0.981. The number of phenolic OH excluding ortho intramolecular Hbond substituents is 1. The van der Waals surface area contributed by atoms with Crippen molar-refractivity contribution in [2.75, 3.05) is 7.11 Å². The van der Waals surface area contributed by atoms with Gasteiger partial charge < -0.3 is 14.4 Å². The minimum Gasteiger partial charge on any atom is -0.503 e. The number of phenols is 1. The van der Waals surface area contributed by atoms with Crippen LogP contribution in [0.25, 0.3) is 11.4 Å². The number of hydrogen-bond acceptors (Lipinski definition) is 5. The number of hydrogen-bond donors (Lipinski definition) is 1. The summed E-state index contributed by atoms with van der Waals surface area (Å²) in [6.07, 6.45) is 6.34. The molecule has 0 saturated heterocycles. The second-order valence-corrected chi connectivity index (χ2v) is 7.62. The molecule has 2 heterocycles. The van der Waals surface area contributed by atoms with Crippen LogP contribution in [0.3, 0.4) is 0 Å². The summed E-state index contributed by atoms with van der Waals surface area (Å²) in [7, 11) is 1.52. The van der Waals surface area contributed by atoms with Crippen LogP contribution in [0.2, 0.25) is 0 Å². The van der Waals surface area contributed by atoms with Crippen LogP contribution in [0.1, 0.15) is 30.7 Å². The van der Waals surface area contributed by atoms with Gasteiger partial charge in [-0.15, -0.1) is 10.2 Å². The summed E-state index contributed by atoms with van der Waals surface area (Å²) in [5.41, 5.74) is 2.71. The maximum absolute atomic E-state index is 9.90. The van der Waals surface area contributed by atoms with Crippen molar-refractivity contribution >= 4 is 27.8 Å². The first-order valence-electron chi connectivity index (χ1n) is 9.29. The van der Waals surface area contributed by atoms with Crippen LogP contribution in [0.15, 0.2) is 45.9 Å². The third kappa shape index (κ3) is 3.80. The number of methoxy groups -OCH3 is 1. The molecule has 0 unspecified atom stereocenters. The summed E-state index contributed by atoms with van der Waals surface area (Å²) in [6, 6.07) is 11.5. The Morgan fingerprint density at radius 2 is 1.96 bits per heavy atom. The highest BCUT2D eigenvalue weighted by Crippen LogP contribution is 2.35. The molecule has 3 aromatic rings. The molecule has 0 aliphatic carbocycles. The van der Waals surface area contributed by atoms with Gasteiger partial charge in [0.25, 0.3) is 0 Å². The number of nitrogens with zero attached hydrogens (tertiary/aromatic N) is 4. The van der Waals surface area contributed by atoms with Crippen molar-refractivity contribution in [3.8, 4) is 22.9 Å². The van der Waals surface area contributed by atoms with Crippen molar-refractivity contribution < 1.29 is 9.84 Å². The highest BCUT2D eigenvalue weighted by molar-refractivity contribution is 9.10. The molecular weight excluding hydrogens is 420 g/mol. The Morgan fingerprint density at radius 1 is 1.14 bits per heavy atom. The second-order valence-electron chi connectivity index (χ2n) is 6.76. The summed E-state index contributed by atoms with van der Waals surface area (Å²) in [4.78, 5) is 4.52. The van der Waals surface area contributed by atoms with E-state index in [1.54, 1.807) is 18.3 Å². The van der Waals surface area contributed by atoms with Crippen LogP contribution in [0, 0.1) is 0 Å². The fraction of sp³-hybridized carbons (Fsp3) is 0.286. The average Bonchev–Trinajstić information content (AvgIpc) is 2.97. The summed E-state index contributed by atoms with van der Waals surface area (Å²) in [5.74, 6) is 2.50. The molecule has 7 heteroatoms. The number of aromatic hydroxyl groups is 1. The van der Waals surface area contributed by atoms with E-state index in [0.717, 1.165) is 41.4 Å². The number of aliphatic imine (C=N–C) groups is 1. The highest BCUT2D eigenvalue weighted by Gasteiger charge is 2.15. The van der Waals surface area contributed by atoms with Gasteiger partial charge in [0.05, 0.1) is 17.3 Å². The molecule has 4 rings (SSSR count). The van der Waals surface area contributed by atoms with Gasteiger partial charge in [-0.3, -0.25) is 4.99 Å². The Kier molecular flexibility index (Phi) is 5.43. The molecule has 6 nitrogen and oxygen atoms in total. The third-order valence-corrected chi connectivity index (χ3v) is 5.47. The van der Waals surface area contributed by atoms with E-state index in [4.69, 9.17) is 4.74 Å². The number of aryl methyl sites for hydroxylation is 1. The minimum atomic E-state index is 0.0800.